The lowest BCUT2D eigenvalue weighted by atomic mass is 9.96. The number of rotatable bonds is 4. The smallest absolute Gasteiger partial charge is 0.340 e. The van der Waals surface area contributed by atoms with Crippen LogP contribution in [0.5, 0.6) is 0 Å². The Kier molecular flexibility index (Phi) is 5.00. The standard InChI is InChI=1S/C16H18F3N5O/c17-16(18,19)13-7-4-8-23(10-13)15(25)14(24-11-20-21-22-24)9-12-5-2-1-3-6-12/h1-3,5-6,11,13-14H,4,7-10H2/t13-,14+/m1/s1. The van der Waals surface area contributed by atoms with E-state index >= 15 is 0 Å². The summed E-state index contributed by atoms with van der Waals surface area (Å²) in [4.78, 5) is 14.2. The van der Waals surface area contributed by atoms with Gasteiger partial charge in [-0.05, 0) is 28.8 Å². The second kappa shape index (κ2) is 7.20. The number of carbonyl (C=O) groups excluding carboxylic acids is 1. The van der Waals surface area contributed by atoms with Crippen LogP contribution in [0.15, 0.2) is 36.7 Å². The normalized spacial score (nSPS) is 19.6. The van der Waals surface area contributed by atoms with Crippen molar-refractivity contribution >= 4 is 5.91 Å². The quantitative estimate of drug-likeness (QED) is 0.846. The molecule has 25 heavy (non-hydrogen) atoms. The predicted molar refractivity (Wildman–Crippen MR) is 82.4 cm³/mol. The molecule has 2 atom stereocenters. The van der Waals surface area contributed by atoms with Crippen molar-refractivity contribution in [2.24, 2.45) is 5.92 Å². The van der Waals surface area contributed by atoms with Crippen molar-refractivity contribution in [3.63, 3.8) is 0 Å². The van der Waals surface area contributed by atoms with E-state index < -0.39 is 18.1 Å². The summed E-state index contributed by atoms with van der Waals surface area (Å²) in [5, 5.41) is 10.9. The second-order valence-corrected chi connectivity index (χ2v) is 6.16. The molecule has 0 unspecified atom stereocenters. The lowest BCUT2D eigenvalue weighted by Crippen LogP contribution is -2.47. The van der Waals surface area contributed by atoms with Crippen LogP contribution in [0.4, 0.5) is 13.2 Å². The van der Waals surface area contributed by atoms with Crippen molar-refractivity contribution in [2.45, 2.75) is 31.5 Å². The first-order valence-electron chi connectivity index (χ1n) is 8.07. The maximum Gasteiger partial charge on any atom is 0.393 e. The van der Waals surface area contributed by atoms with Gasteiger partial charge in [-0.25, -0.2) is 4.68 Å². The summed E-state index contributed by atoms with van der Waals surface area (Å²) in [5.74, 6) is -1.86. The van der Waals surface area contributed by atoms with Gasteiger partial charge < -0.3 is 4.90 Å². The lowest BCUT2D eigenvalue weighted by molar-refractivity contribution is -0.188. The zero-order valence-electron chi connectivity index (χ0n) is 13.4. The monoisotopic (exact) mass is 353 g/mol. The van der Waals surface area contributed by atoms with Crippen LogP contribution in [0.1, 0.15) is 24.4 Å². The fourth-order valence-corrected chi connectivity index (χ4v) is 3.10. The molecule has 1 amide bonds. The number of tetrazole rings is 1. The van der Waals surface area contributed by atoms with E-state index in [1.165, 1.54) is 15.9 Å². The molecule has 2 aromatic rings. The summed E-state index contributed by atoms with van der Waals surface area (Å²) in [6.07, 6.45) is -2.26. The van der Waals surface area contributed by atoms with Crippen molar-refractivity contribution < 1.29 is 18.0 Å². The fraction of sp³-hybridized carbons (Fsp3) is 0.500. The molecule has 1 saturated heterocycles. The summed E-state index contributed by atoms with van der Waals surface area (Å²) < 4.78 is 40.4. The van der Waals surface area contributed by atoms with Crippen LogP contribution in [0.25, 0.3) is 0 Å². The molecular formula is C16H18F3N5O. The predicted octanol–water partition coefficient (Wildman–Crippen LogP) is 2.26. The van der Waals surface area contributed by atoms with E-state index in [0.29, 0.717) is 19.4 Å². The van der Waals surface area contributed by atoms with Crippen LogP contribution in [0, 0.1) is 5.92 Å². The highest BCUT2D eigenvalue weighted by Crippen LogP contribution is 2.34. The highest BCUT2D eigenvalue weighted by molar-refractivity contribution is 5.80. The number of hydrogen-bond donors (Lipinski definition) is 0. The molecule has 1 aromatic heterocycles. The van der Waals surface area contributed by atoms with Gasteiger partial charge in [0.2, 0.25) is 5.91 Å². The number of halogens is 3. The molecule has 134 valence electrons. The van der Waals surface area contributed by atoms with Gasteiger partial charge in [0.25, 0.3) is 0 Å². The summed E-state index contributed by atoms with van der Waals surface area (Å²) >= 11 is 0. The number of benzene rings is 1. The third-order valence-corrected chi connectivity index (χ3v) is 4.44. The average Bonchev–Trinajstić information content (AvgIpc) is 3.14. The Hall–Kier alpha value is -2.45. The van der Waals surface area contributed by atoms with E-state index in [1.54, 1.807) is 0 Å². The Balaban J connectivity index is 1.79. The first-order chi connectivity index (χ1) is 11.9. The van der Waals surface area contributed by atoms with Crippen LogP contribution >= 0.6 is 0 Å². The van der Waals surface area contributed by atoms with Gasteiger partial charge in [-0.2, -0.15) is 13.2 Å². The maximum atomic E-state index is 13.0. The van der Waals surface area contributed by atoms with Gasteiger partial charge in [-0.3, -0.25) is 4.79 Å². The van der Waals surface area contributed by atoms with Crippen molar-refractivity contribution in [2.75, 3.05) is 13.1 Å². The number of aromatic nitrogens is 4. The van der Waals surface area contributed by atoms with E-state index in [2.05, 4.69) is 15.5 Å². The Morgan fingerprint density at radius 3 is 2.68 bits per heavy atom. The van der Waals surface area contributed by atoms with Gasteiger partial charge in [0, 0.05) is 19.5 Å². The van der Waals surface area contributed by atoms with Crippen LogP contribution < -0.4 is 0 Å². The third kappa shape index (κ3) is 4.15. The molecule has 0 radical (unpaired) electrons. The molecule has 1 fully saturated rings. The molecule has 2 heterocycles. The van der Waals surface area contributed by atoms with Crippen molar-refractivity contribution in [3.05, 3.63) is 42.2 Å². The number of likely N-dealkylation sites (tertiary alicyclic amines) is 1. The molecule has 0 N–H and O–H groups in total. The number of nitrogens with zero attached hydrogens (tertiary/aromatic N) is 5. The van der Waals surface area contributed by atoms with Crippen LogP contribution in [0.2, 0.25) is 0 Å². The van der Waals surface area contributed by atoms with Crippen molar-refractivity contribution in [1.82, 2.24) is 25.1 Å². The number of alkyl halides is 3. The zero-order chi connectivity index (χ0) is 17.9. The molecule has 0 bridgehead atoms. The molecule has 9 heteroatoms. The Bertz CT molecular complexity index is 690. The minimum Gasteiger partial charge on any atom is -0.340 e. The first-order valence-corrected chi connectivity index (χ1v) is 8.07. The van der Waals surface area contributed by atoms with Crippen LogP contribution in [0.3, 0.4) is 0 Å². The van der Waals surface area contributed by atoms with E-state index in [4.69, 9.17) is 0 Å². The summed E-state index contributed by atoms with van der Waals surface area (Å²) in [6.45, 7) is 0.00851. The van der Waals surface area contributed by atoms with Crippen molar-refractivity contribution in [1.29, 1.82) is 0 Å². The fourth-order valence-electron chi connectivity index (χ4n) is 3.10. The highest BCUT2D eigenvalue weighted by atomic mass is 19.4. The maximum absolute atomic E-state index is 13.0. The van der Waals surface area contributed by atoms with Gasteiger partial charge in [-0.1, -0.05) is 30.3 Å². The molecule has 1 aliphatic heterocycles. The highest BCUT2D eigenvalue weighted by Gasteiger charge is 2.43. The van der Waals surface area contributed by atoms with E-state index in [1.807, 2.05) is 30.3 Å². The minimum atomic E-state index is -4.29. The third-order valence-electron chi connectivity index (χ3n) is 4.44. The molecule has 6 nitrogen and oxygen atoms in total. The van der Waals surface area contributed by atoms with Crippen molar-refractivity contribution in [3.8, 4) is 0 Å². The summed E-state index contributed by atoms with van der Waals surface area (Å²) in [7, 11) is 0. The second-order valence-electron chi connectivity index (χ2n) is 6.16. The van der Waals surface area contributed by atoms with Gasteiger partial charge in [0.05, 0.1) is 5.92 Å². The number of amides is 1. The molecular weight excluding hydrogens is 335 g/mol. The number of carbonyl (C=O) groups is 1. The first kappa shape index (κ1) is 17.4. The van der Waals surface area contributed by atoms with E-state index in [0.717, 1.165) is 5.56 Å². The van der Waals surface area contributed by atoms with Gasteiger partial charge in [0.15, 0.2) is 0 Å². The molecule has 0 spiro atoms. The average molecular weight is 353 g/mol. The number of piperidine rings is 1. The molecule has 1 aliphatic rings. The Morgan fingerprint density at radius 1 is 1.28 bits per heavy atom. The van der Waals surface area contributed by atoms with Gasteiger partial charge in [0.1, 0.15) is 12.4 Å². The van der Waals surface area contributed by atoms with Crippen LogP contribution in [-0.2, 0) is 11.2 Å². The summed E-state index contributed by atoms with van der Waals surface area (Å²) in [5.41, 5.74) is 0.890. The summed E-state index contributed by atoms with van der Waals surface area (Å²) in [6, 6.07) is 8.51. The minimum absolute atomic E-state index is 0.0571. The largest absolute Gasteiger partial charge is 0.393 e. The van der Waals surface area contributed by atoms with E-state index in [9.17, 15) is 18.0 Å². The molecule has 3 rings (SSSR count). The topological polar surface area (TPSA) is 63.9 Å². The molecule has 1 aromatic carbocycles. The van der Waals surface area contributed by atoms with E-state index in [-0.39, 0.29) is 18.9 Å². The van der Waals surface area contributed by atoms with Crippen LogP contribution in [-0.4, -0.2) is 50.3 Å². The molecule has 0 aliphatic carbocycles. The Morgan fingerprint density at radius 2 is 2.04 bits per heavy atom. The number of hydrogen-bond acceptors (Lipinski definition) is 4. The van der Waals surface area contributed by atoms with Gasteiger partial charge >= 0.3 is 6.18 Å². The lowest BCUT2D eigenvalue weighted by Gasteiger charge is -2.35. The molecule has 0 saturated carbocycles. The zero-order valence-corrected chi connectivity index (χ0v) is 13.4. The Labute approximate surface area is 142 Å². The van der Waals surface area contributed by atoms with Gasteiger partial charge in [-0.15, -0.1) is 5.10 Å². The SMILES string of the molecule is O=C([C@H](Cc1ccccc1)n1cnnn1)N1CCC[C@@H](C(F)(F)F)C1.